The highest BCUT2D eigenvalue weighted by Crippen LogP contribution is 2.35. The number of rotatable bonds is 5. The van der Waals surface area contributed by atoms with Crippen LogP contribution in [0.1, 0.15) is 11.1 Å². The number of halogens is 1. The number of thiol groups is 1. The summed E-state index contributed by atoms with van der Waals surface area (Å²) < 4.78 is 13.4. The van der Waals surface area contributed by atoms with Crippen LogP contribution >= 0.6 is 24.4 Å². The van der Waals surface area contributed by atoms with Crippen molar-refractivity contribution < 1.29 is 9.50 Å². The van der Waals surface area contributed by atoms with Crippen LogP contribution in [-0.2, 0) is 5.75 Å². The van der Waals surface area contributed by atoms with Crippen molar-refractivity contribution in [1.29, 1.82) is 0 Å². The molecule has 7 heteroatoms. The third-order valence-electron chi connectivity index (χ3n) is 4.62. The van der Waals surface area contributed by atoms with E-state index >= 15 is 0 Å². The van der Waals surface area contributed by atoms with Gasteiger partial charge in [0.1, 0.15) is 11.6 Å². The molecule has 0 aliphatic carbocycles. The maximum absolute atomic E-state index is 13.4. The Morgan fingerprint density at radius 1 is 1.03 bits per heavy atom. The Bertz CT molecular complexity index is 1140. The Kier molecular flexibility index (Phi) is 5.60. The van der Waals surface area contributed by atoms with Gasteiger partial charge in [0.25, 0.3) is 0 Å². The molecule has 0 saturated carbocycles. The predicted molar refractivity (Wildman–Crippen MR) is 117 cm³/mol. The van der Waals surface area contributed by atoms with Gasteiger partial charge >= 0.3 is 0 Å². The molecule has 4 nitrogen and oxygen atoms in total. The van der Waals surface area contributed by atoms with Crippen LogP contribution < -0.4 is 0 Å². The summed E-state index contributed by atoms with van der Waals surface area (Å²) in [5, 5.41) is 10.6. The number of benzene rings is 2. The summed E-state index contributed by atoms with van der Waals surface area (Å²) in [5.74, 6) is 0.597. The second-order valence-electron chi connectivity index (χ2n) is 6.51. The lowest BCUT2D eigenvalue weighted by Crippen LogP contribution is -1.88. The largest absolute Gasteiger partial charge is 0.508 e. The second kappa shape index (κ2) is 8.31. The molecule has 2 N–H and O–H groups in total. The third kappa shape index (κ3) is 4.16. The van der Waals surface area contributed by atoms with Crippen molar-refractivity contribution in [2.24, 2.45) is 0 Å². The van der Waals surface area contributed by atoms with Gasteiger partial charge in [-0.1, -0.05) is 17.8 Å². The molecule has 2 aromatic carbocycles. The fourth-order valence-corrected chi connectivity index (χ4v) is 4.21. The molecule has 146 valence electrons. The molecular formula is C22H18FN3OS2. The first-order valence-electron chi connectivity index (χ1n) is 8.92. The quantitative estimate of drug-likeness (QED) is 0.277. The zero-order valence-corrected chi connectivity index (χ0v) is 17.3. The summed E-state index contributed by atoms with van der Waals surface area (Å²) >= 11 is 6.07. The number of H-pyrrole nitrogens is 1. The number of hydrogen-bond acceptors (Lipinski definition) is 5. The van der Waals surface area contributed by atoms with Gasteiger partial charge in [-0.25, -0.2) is 9.37 Å². The topological polar surface area (TPSA) is 61.8 Å². The average molecular weight is 424 g/mol. The average Bonchev–Trinajstić information content (AvgIpc) is 3.17. The second-order valence-corrected chi connectivity index (χ2v) is 7.93. The maximum atomic E-state index is 13.4. The highest BCUT2D eigenvalue weighted by Gasteiger charge is 2.15. The van der Waals surface area contributed by atoms with Gasteiger partial charge in [0.15, 0.2) is 5.16 Å². The summed E-state index contributed by atoms with van der Waals surface area (Å²) in [7, 11) is 0. The summed E-state index contributed by atoms with van der Waals surface area (Å²) in [4.78, 5) is 13.0. The van der Waals surface area contributed by atoms with E-state index in [0.29, 0.717) is 5.75 Å². The van der Waals surface area contributed by atoms with Crippen LogP contribution in [-0.4, -0.2) is 20.1 Å². The molecule has 4 aromatic rings. The molecule has 2 aromatic heterocycles. The molecule has 0 saturated heterocycles. The number of aromatic nitrogens is 3. The normalized spacial score (nSPS) is 11.0. The van der Waals surface area contributed by atoms with Gasteiger partial charge in [-0.3, -0.25) is 4.98 Å². The number of thioether (sulfide) groups is 1. The van der Waals surface area contributed by atoms with Crippen LogP contribution in [0, 0.1) is 12.7 Å². The van der Waals surface area contributed by atoms with Crippen molar-refractivity contribution in [3.63, 3.8) is 0 Å². The summed E-state index contributed by atoms with van der Waals surface area (Å²) in [5.41, 5.74) is 5.17. The monoisotopic (exact) mass is 423 g/mol. The van der Waals surface area contributed by atoms with Gasteiger partial charge in [-0.05, 0) is 55.0 Å². The van der Waals surface area contributed by atoms with Crippen molar-refractivity contribution in [2.45, 2.75) is 22.7 Å². The lowest BCUT2D eigenvalue weighted by molar-refractivity contribution is 0.469. The smallest absolute Gasteiger partial charge is 0.166 e. The van der Waals surface area contributed by atoms with Gasteiger partial charge in [-0.15, -0.1) is 12.6 Å². The Labute approximate surface area is 177 Å². The lowest BCUT2D eigenvalue weighted by Gasteiger charge is -2.08. The van der Waals surface area contributed by atoms with Crippen LogP contribution in [0.2, 0.25) is 0 Å². The molecule has 4 rings (SSSR count). The summed E-state index contributed by atoms with van der Waals surface area (Å²) in [6, 6.07) is 13.7. The van der Waals surface area contributed by atoms with Crippen molar-refractivity contribution in [1.82, 2.24) is 15.0 Å². The van der Waals surface area contributed by atoms with Crippen LogP contribution in [0.15, 0.2) is 71.0 Å². The molecule has 0 radical (unpaired) electrons. The van der Waals surface area contributed by atoms with Crippen LogP contribution in [0.25, 0.3) is 22.5 Å². The first-order chi connectivity index (χ1) is 14.0. The van der Waals surface area contributed by atoms with Crippen LogP contribution in [0.5, 0.6) is 5.75 Å². The van der Waals surface area contributed by atoms with Crippen molar-refractivity contribution in [3.8, 4) is 28.3 Å². The minimum Gasteiger partial charge on any atom is -0.508 e. The van der Waals surface area contributed by atoms with Crippen molar-refractivity contribution in [3.05, 3.63) is 77.9 Å². The molecule has 0 aliphatic rings. The van der Waals surface area contributed by atoms with E-state index in [9.17, 15) is 9.50 Å². The Morgan fingerprint density at radius 2 is 1.76 bits per heavy atom. The maximum Gasteiger partial charge on any atom is 0.166 e. The Balaban J connectivity index is 1.68. The summed E-state index contributed by atoms with van der Waals surface area (Å²) in [6.07, 6.45) is 3.45. The minimum atomic E-state index is -0.284. The zero-order valence-electron chi connectivity index (χ0n) is 15.6. The number of hydrogen-bond donors (Lipinski definition) is 3. The van der Waals surface area contributed by atoms with E-state index < -0.39 is 0 Å². The molecule has 0 fully saturated rings. The number of nitrogens with zero attached hydrogens (tertiary/aromatic N) is 2. The molecule has 0 aliphatic heterocycles. The van der Waals surface area contributed by atoms with E-state index in [0.717, 1.165) is 43.7 Å². The van der Waals surface area contributed by atoms with Gasteiger partial charge < -0.3 is 10.1 Å². The summed E-state index contributed by atoms with van der Waals surface area (Å²) in [6.45, 7) is 1.84. The number of aromatic amines is 1. The highest BCUT2D eigenvalue weighted by atomic mass is 32.2. The fraction of sp³-hybridized carbons (Fsp3) is 0.0909. The standard InChI is InChI=1S/C22H18FN3OS2/c1-13-18(27)7-4-16(21(13)28)12-29-22-25-19(14-2-5-17(23)6-3-14)20(26-22)15-8-10-24-11-9-15/h2-11,27-28H,12H2,1H3,(H,25,26). The molecular weight excluding hydrogens is 405 g/mol. The fourth-order valence-electron chi connectivity index (χ4n) is 2.97. The number of phenols is 1. The van der Waals surface area contributed by atoms with E-state index in [-0.39, 0.29) is 11.6 Å². The SMILES string of the molecule is Cc1c(O)ccc(CSc2nc(-c3ccc(F)cc3)c(-c3ccncc3)[nH]2)c1S. The number of aromatic hydroxyl groups is 1. The molecule has 0 atom stereocenters. The molecule has 0 unspecified atom stereocenters. The minimum absolute atomic E-state index is 0.236. The first-order valence-corrected chi connectivity index (χ1v) is 10.4. The number of nitrogens with one attached hydrogen (secondary N) is 1. The van der Waals surface area contributed by atoms with E-state index in [2.05, 4.69) is 22.6 Å². The highest BCUT2D eigenvalue weighted by molar-refractivity contribution is 7.98. The van der Waals surface area contributed by atoms with Gasteiger partial charge in [0.05, 0.1) is 11.4 Å². The molecule has 0 bridgehead atoms. The molecule has 2 heterocycles. The van der Waals surface area contributed by atoms with E-state index in [1.807, 2.05) is 25.1 Å². The van der Waals surface area contributed by atoms with Gasteiger partial charge in [-0.2, -0.15) is 0 Å². The van der Waals surface area contributed by atoms with E-state index in [1.54, 1.807) is 42.4 Å². The molecule has 29 heavy (non-hydrogen) atoms. The molecule has 0 amide bonds. The van der Waals surface area contributed by atoms with Crippen LogP contribution in [0.3, 0.4) is 0 Å². The Morgan fingerprint density at radius 3 is 2.48 bits per heavy atom. The van der Waals surface area contributed by atoms with Crippen LogP contribution in [0.4, 0.5) is 4.39 Å². The van der Waals surface area contributed by atoms with E-state index in [4.69, 9.17) is 4.98 Å². The van der Waals surface area contributed by atoms with Gasteiger partial charge in [0, 0.05) is 39.7 Å². The van der Waals surface area contributed by atoms with Crippen molar-refractivity contribution >= 4 is 24.4 Å². The number of pyridine rings is 1. The Hall–Kier alpha value is -2.77. The molecule has 0 spiro atoms. The number of phenolic OH excluding ortho intramolecular Hbond substituents is 1. The van der Waals surface area contributed by atoms with Crippen molar-refractivity contribution in [2.75, 3.05) is 0 Å². The third-order valence-corrected chi connectivity index (χ3v) is 6.16. The van der Waals surface area contributed by atoms with E-state index in [1.165, 1.54) is 12.1 Å². The zero-order chi connectivity index (χ0) is 20.4. The lowest BCUT2D eigenvalue weighted by atomic mass is 10.1. The van der Waals surface area contributed by atoms with Gasteiger partial charge in [0.2, 0.25) is 0 Å². The predicted octanol–water partition coefficient (Wildman–Crippen LogP) is 5.87. The number of imidazole rings is 1. The first kappa shape index (κ1) is 19.5.